The summed E-state index contributed by atoms with van der Waals surface area (Å²) in [7, 11) is 0. The predicted molar refractivity (Wildman–Crippen MR) is 39.0 cm³/mol. The van der Waals surface area contributed by atoms with Gasteiger partial charge in [0.05, 0.1) is 5.92 Å². The molecule has 0 spiro atoms. The van der Waals surface area contributed by atoms with Crippen LogP contribution in [-0.2, 0) is 0 Å². The lowest BCUT2D eigenvalue weighted by molar-refractivity contribution is -0.185. The zero-order valence-corrected chi connectivity index (χ0v) is 7.07. The van der Waals surface area contributed by atoms with Crippen LogP contribution in [0.15, 0.2) is 0 Å². The van der Waals surface area contributed by atoms with Crippen molar-refractivity contribution in [2.75, 3.05) is 0 Å². The summed E-state index contributed by atoms with van der Waals surface area (Å²) in [6.07, 6.45) is -2.35. The van der Waals surface area contributed by atoms with Crippen LogP contribution in [0.1, 0.15) is 27.2 Å². The van der Waals surface area contributed by atoms with E-state index in [1.165, 1.54) is 0 Å². The zero-order valence-electron chi connectivity index (χ0n) is 7.07. The maximum absolute atomic E-state index is 12.1. The second-order valence-electron chi connectivity index (χ2n) is 3.04. The lowest BCUT2D eigenvalue weighted by atomic mass is 9.91. The van der Waals surface area contributed by atoms with Gasteiger partial charge in [-0.15, -0.1) is 0 Å². The lowest BCUT2D eigenvalue weighted by Crippen LogP contribution is -2.27. The molecular weight excluding hydrogens is 153 g/mol. The minimum atomic E-state index is -4.04. The third-order valence-electron chi connectivity index (χ3n) is 1.71. The van der Waals surface area contributed by atoms with Crippen molar-refractivity contribution in [1.82, 2.24) is 0 Å². The van der Waals surface area contributed by atoms with E-state index in [2.05, 4.69) is 0 Å². The van der Waals surface area contributed by atoms with Crippen LogP contribution in [0.2, 0.25) is 0 Å². The van der Waals surface area contributed by atoms with Gasteiger partial charge in [-0.2, -0.15) is 13.2 Å². The van der Waals surface area contributed by atoms with E-state index in [9.17, 15) is 13.2 Å². The Bertz CT molecular complexity index is 104. The van der Waals surface area contributed by atoms with Crippen LogP contribution in [0, 0.1) is 18.3 Å². The standard InChI is InChI=1S/C8H14F3/c1-4-5-7(6(2)3)8(9,10)11/h4,6-7H,5H2,1-3H3. The van der Waals surface area contributed by atoms with Gasteiger partial charge >= 0.3 is 6.18 Å². The molecule has 0 heterocycles. The molecule has 0 N–H and O–H groups in total. The molecule has 67 valence electrons. The van der Waals surface area contributed by atoms with Crippen LogP contribution in [0.4, 0.5) is 13.2 Å². The molecule has 0 amide bonds. The molecule has 0 rings (SSSR count). The highest BCUT2D eigenvalue weighted by Crippen LogP contribution is 2.34. The molecule has 0 aliphatic rings. The van der Waals surface area contributed by atoms with Crippen molar-refractivity contribution in [3.63, 3.8) is 0 Å². The smallest absolute Gasteiger partial charge is 0.171 e. The molecule has 0 aromatic carbocycles. The summed E-state index contributed by atoms with van der Waals surface area (Å²) in [6, 6.07) is 0. The van der Waals surface area contributed by atoms with Gasteiger partial charge in [0, 0.05) is 0 Å². The maximum Gasteiger partial charge on any atom is 0.392 e. The maximum atomic E-state index is 12.1. The SMILES string of the molecule is C[CH]CC(C(C)C)C(F)(F)F. The second kappa shape index (κ2) is 3.98. The molecule has 0 nitrogen and oxygen atoms in total. The Morgan fingerprint density at radius 2 is 1.73 bits per heavy atom. The Kier molecular flexibility index (Phi) is 3.90. The highest BCUT2D eigenvalue weighted by Gasteiger charge is 2.40. The molecule has 1 radical (unpaired) electrons. The number of halogens is 3. The molecule has 11 heavy (non-hydrogen) atoms. The van der Waals surface area contributed by atoms with E-state index < -0.39 is 12.1 Å². The molecule has 0 bridgehead atoms. The Morgan fingerprint density at radius 1 is 1.27 bits per heavy atom. The van der Waals surface area contributed by atoms with Crippen molar-refractivity contribution in [1.29, 1.82) is 0 Å². The van der Waals surface area contributed by atoms with Gasteiger partial charge in [0.25, 0.3) is 0 Å². The quantitative estimate of drug-likeness (QED) is 0.604. The van der Waals surface area contributed by atoms with Crippen LogP contribution in [0.5, 0.6) is 0 Å². The first-order valence-corrected chi connectivity index (χ1v) is 3.74. The molecule has 0 saturated carbocycles. The van der Waals surface area contributed by atoms with Crippen LogP contribution in [0.3, 0.4) is 0 Å². The Hall–Kier alpha value is -0.210. The number of hydrogen-bond acceptors (Lipinski definition) is 0. The third kappa shape index (κ3) is 3.63. The Labute approximate surface area is 65.8 Å². The fraction of sp³-hybridized carbons (Fsp3) is 0.875. The van der Waals surface area contributed by atoms with E-state index in [1.54, 1.807) is 27.2 Å². The van der Waals surface area contributed by atoms with Gasteiger partial charge in [-0.3, -0.25) is 0 Å². The fourth-order valence-corrected chi connectivity index (χ4v) is 1.04. The van der Waals surface area contributed by atoms with Gasteiger partial charge in [-0.25, -0.2) is 0 Å². The van der Waals surface area contributed by atoms with E-state index in [4.69, 9.17) is 0 Å². The van der Waals surface area contributed by atoms with Gasteiger partial charge < -0.3 is 0 Å². The van der Waals surface area contributed by atoms with Crippen molar-refractivity contribution in [3.8, 4) is 0 Å². The summed E-state index contributed by atoms with van der Waals surface area (Å²) < 4.78 is 36.4. The van der Waals surface area contributed by atoms with E-state index in [-0.39, 0.29) is 12.3 Å². The molecule has 1 atom stereocenters. The van der Waals surface area contributed by atoms with Crippen molar-refractivity contribution in [2.45, 2.75) is 33.4 Å². The number of rotatable bonds is 3. The third-order valence-corrected chi connectivity index (χ3v) is 1.71. The zero-order chi connectivity index (χ0) is 9.07. The van der Waals surface area contributed by atoms with Crippen LogP contribution >= 0.6 is 0 Å². The summed E-state index contributed by atoms with van der Waals surface area (Å²) in [5, 5.41) is 0. The minimum Gasteiger partial charge on any atom is -0.171 e. The molecule has 0 fully saturated rings. The first-order chi connectivity index (χ1) is 4.89. The van der Waals surface area contributed by atoms with E-state index >= 15 is 0 Å². The van der Waals surface area contributed by atoms with Gasteiger partial charge in [0.15, 0.2) is 0 Å². The Balaban J connectivity index is 4.10. The van der Waals surface area contributed by atoms with Gasteiger partial charge in [-0.1, -0.05) is 20.8 Å². The van der Waals surface area contributed by atoms with Crippen molar-refractivity contribution in [3.05, 3.63) is 6.42 Å². The average Bonchev–Trinajstić information content (AvgIpc) is 1.79. The molecule has 0 aliphatic carbocycles. The van der Waals surface area contributed by atoms with E-state index in [0.717, 1.165) is 0 Å². The van der Waals surface area contributed by atoms with E-state index in [1.807, 2.05) is 0 Å². The largest absolute Gasteiger partial charge is 0.392 e. The summed E-state index contributed by atoms with van der Waals surface area (Å²) in [5.74, 6) is -1.50. The van der Waals surface area contributed by atoms with Crippen LogP contribution < -0.4 is 0 Å². The van der Waals surface area contributed by atoms with E-state index in [0.29, 0.717) is 0 Å². The van der Waals surface area contributed by atoms with Gasteiger partial charge in [-0.05, 0) is 18.8 Å². The highest BCUT2D eigenvalue weighted by molar-refractivity contribution is 4.75. The highest BCUT2D eigenvalue weighted by atomic mass is 19.4. The molecule has 3 heteroatoms. The van der Waals surface area contributed by atoms with Gasteiger partial charge in [0.2, 0.25) is 0 Å². The monoisotopic (exact) mass is 167 g/mol. The second-order valence-corrected chi connectivity index (χ2v) is 3.04. The summed E-state index contributed by atoms with van der Waals surface area (Å²) in [4.78, 5) is 0. The summed E-state index contributed by atoms with van der Waals surface area (Å²) >= 11 is 0. The topological polar surface area (TPSA) is 0 Å². The van der Waals surface area contributed by atoms with Crippen molar-refractivity contribution < 1.29 is 13.2 Å². The normalized spacial score (nSPS) is 15.5. The van der Waals surface area contributed by atoms with Crippen LogP contribution in [0.25, 0.3) is 0 Å². The molecule has 0 aromatic rings. The lowest BCUT2D eigenvalue weighted by Gasteiger charge is -2.22. The molecular formula is C8H14F3. The molecule has 0 aliphatic heterocycles. The molecule has 1 unspecified atom stereocenters. The van der Waals surface area contributed by atoms with Gasteiger partial charge in [0.1, 0.15) is 0 Å². The minimum absolute atomic E-state index is 0.126. The fourth-order valence-electron chi connectivity index (χ4n) is 1.04. The predicted octanol–water partition coefficient (Wildman–Crippen LogP) is 3.44. The molecule has 0 saturated heterocycles. The number of alkyl halides is 3. The summed E-state index contributed by atoms with van der Waals surface area (Å²) in [6.45, 7) is 4.85. The van der Waals surface area contributed by atoms with Crippen LogP contribution in [-0.4, -0.2) is 6.18 Å². The van der Waals surface area contributed by atoms with Crippen molar-refractivity contribution >= 4 is 0 Å². The first kappa shape index (κ1) is 10.8. The molecule has 0 aromatic heterocycles. The first-order valence-electron chi connectivity index (χ1n) is 3.74. The van der Waals surface area contributed by atoms with Crippen molar-refractivity contribution in [2.24, 2.45) is 11.8 Å². The Morgan fingerprint density at radius 3 is 1.82 bits per heavy atom. The summed E-state index contributed by atoms with van der Waals surface area (Å²) in [5.41, 5.74) is 0. The average molecular weight is 167 g/mol. The number of hydrogen-bond donors (Lipinski definition) is 0.